The predicted molar refractivity (Wildman–Crippen MR) is 82.9 cm³/mol. The monoisotopic (exact) mass is 253 g/mol. The number of aryl methyl sites for hydroxylation is 2. The zero-order valence-electron chi connectivity index (χ0n) is 11.9. The summed E-state index contributed by atoms with van der Waals surface area (Å²) in [4.78, 5) is 11.0. The molecule has 1 heterocycles. The lowest BCUT2D eigenvalue weighted by atomic mass is 10.1. The Labute approximate surface area is 114 Å². The third-order valence-corrected chi connectivity index (χ3v) is 3.27. The zero-order valence-corrected chi connectivity index (χ0v) is 11.9. The molecule has 0 N–H and O–H groups in total. The summed E-state index contributed by atoms with van der Waals surface area (Å²) in [7, 11) is 2.01. The van der Waals surface area contributed by atoms with Gasteiger partial charge in [-0.15, -0.1) is 0 Å². The van der Waals surface area contributed by atoms with Crippen LogP contribution in [0.2, 0.25) is 0 Å². The molecular formula is C16H19N3. The van der Waals surface area contributed by atoms with Crippen molar-refractivity contribution in [3.05, 3.63) is 48.3 Å². The van der Waals surface area contributed by atoms with Crippen molar-refractivity contribution in [2.45, 2.75) is 20.8 Å². The van der Waals surface area contributed by atoms with Crippen LogP contribution in [0.4, 0.5) is 5.69 Å². The van der Waals surface area contributed by atoms with E-state index in [1.165, 1.54) is 5.56 Å². The molecule has 0 atom stereocenters. The van der Waals surface area contributed by atoms with Gasteiger partial charge in [0, 0.05) is 24.3 Å². The van der Waals surface area contributed by atoms with Gasteiger partial charge in [-0.05, 0) is 32.4 Å². The number of aromatic nitrogens is 1. The molecule has 0 aliphatic carbocycles. The molecule has 2 aromatic rings. The lowest BCUT2D eigenvalue weighted by Gasteiger charge is -2.21. The molecule has 0 fully saturated rings. The molecule has 0 unspecified atom stereocenters. The second kappa shape index (κ2) is 5.22. The average molecular weight is 253 g/mol. The first-order valence-corrected chi connectivity index (χ1v) is 6.30. The van der Waals surface area contributed by atoms with Gasteiger partial charge in [-0.3, -0.25) is 4.98 Å². The summed E-state index contributed by atoms with van der Waals surface area (Å²) in [6.07, 6.45) is 1.56. The van der Waals surface area contributed by atoms with Crippen LogP contribution in [0.1, 0.15) is 18.2 Å². The highest BCUT2D eigenvalue weighted by molar-refractivity contribution is 6.04. The molecule has 0 aliphatic rings. The maximum absolute atomic E-state index is 4.64. The molecule has 0 bridgehead atoms. The van der Waals surface area contributed by atoms with Crippen molar-refractivity contribution in [2.75, 3.05) is 11.9 Å². The minimum Gasteiger partial charge on any atom is -0.333 e. The fourth-order valence-electron chi connectivity index (χ4n) is 2.17. The van der Waals surface area contributed by atoms with Crippen LogP contribution in [0.3, 0.4) is 0 Å². The molecule has 3 heteroatoms. The minimum atomic E-state index is 0.906. The van der Waals surface area contributed by atoms with Crippen LogP contribution in [0.15, 0.2) is 42.0 Å². The highest BCUT2D eigenvalue weighted by atomic mass is 15.2. The van der Waals surface area contributed by atoms with Crippen LogP contribution in [-0.4, -0.2) is 17.9 Å². The van der Waals surface area contributed by atoms with E-state index in [2.05, 4.69) is 52.6 Å². The quantitative estimate of drug-likeness (QED) is 0.600. The first-order chi connectivity index (χ1) is 9.04. The topological polar surface area (TPSA) is 28.5 Å². The molecule has 2 rings (SSSR count). The van der Waals surface area contributed by atoms with Crippen LogP contribution < -0.4 is 4.90 Å². The van der Waals surface area contributed by atoms with Crippen molar-refractivity contribution in [3.8, 4) is 0 Å². The summed E-state index contributed by atoms with van der Waals surface area (Å²) in [6.45, 7) is 9.72. The van der Waals surface area contributed by atoms with Crippen LogP contribution in [0.25, 0.3) is 10.9 Å². The maximum atomic E-state index is 4.64. The Balaban J connectivity index is 2.69. The van der Waals surface area contributed by atoms with E-state index in [4.69, 9.17) is 0 Å². The Morgan fingerprint density at radius 2 is 2.11 bits per heavy atom. The van der Waals surface area contributed by atoms with E-state index in [0.717, 1.165) is 28.1 Å². The van der Waals surface area contributed by atoms with Crippen molar-refractivity contribution in [1.82, 2.24) is 4.98 Å². The number of hydrogen-bond acceptors (Lipinski definition) is 2. The standard InChI is InChI=1S/C16H19N3/c1-6-17-13(4)19(5)15-10-12(3)18-16-11(2)8-7-9-14(15)16/h6-10H,1H2,2-5H3. The number of para-hydroxylation sites is 1. The highest BCUT2D eigenvalue weighted by Crippen LogP contribution is 2.28. The van der Waals surface area contributed by atoms with E-state index in [9.17, 15) is 0 Å². The molecule has 0 radical (unpaired) electrons. The Hall–Kier alpha value is -2.16. The van der Waals surface area contributed by atoms with Crippen LogP contribution in [0.5, 0.6) is 0 Å². The fourth-order valence-corrected chi connectivity index (χ4v) is 2.17. The SMILES string of the molecule is C=CN=C(C)N(C)c1cc(C)nc2c(C)cccc12. The number of hydrogen-bond donors (Lipinski definition) is 0. The van der Waals surface area contributed by atoms with Gasteiger partial charge in [-0.2, -0.15) is 0 Å². The molecule has 1 aromatic carbocycles. The molecule has 0 saturated heterocycles. The van der Waals surface area contributed by atoms with Gasteiger partial charge in [-0.25, -0.2) is 4.99 Å². The number of benzene rings is 1. The first-order valence-electron chi connectivity index (χ1n) is 6.30. The second-order valence-corrected chi connectivity index (χ2v) is 4.67. The van der Waals surface area contributed by atoms with Gasteiger partial charge in [-0.1, -0.05) is 24.8 Å². The van der Waals surface area contributed by atoms with Gasteiger partial charge >= 0.3 is 0 Å². The van der Waals surface area contributed by atoms with Gasteiger partial charge in [0.05, 0.1) is 11.2 Å². The van der Waals surface area contributed by atoms with Crippen LogP contribution in [-0.2, 0) is 0 Å². The molecule has 1 aromatic heterocycles. The number of rotatable bonds is 2. The highest BCUT2D eigenvalue weighted by Gasteiger charge is 2.11. The molecule has 19 heavy (non-hydrogen) atoms. The number of amidine groups is 1. The molecule has 0 amide bonds. The summed E-state index contributed by atoms with van der Waals surface area (Å²) >= 11 is 0. The van der Waals surface area contributed by atoms with Crippen molar-refractivity contribution >= 4 is 22.4 Å². The average Bonchev–Trinajstić information content (AvgIpc) is 2.38. The molecule has 98 valence electrons. The molecule has 0 spiro atoms. The maximum Gasteiger partial charge on any atom is 0.105 e. The largest absolute Gasteiger partial charge is 0.333 e. The second-order valence-electron chi connectivity index (χ2n) is 4.67. The lowest BCUT2D eigenvalue weighted by Crippen LogP contribution is -2.23. The third-order valence-electron chi connectivity index (χ3n) is 3.27. The van der Waals surface area contributed by atoms with E-state index < -0.39 is 0 Å². The predicted octanol–water partition coefficient (Wildman–Crippen LogP) is 3.85. The summed E-state index contributed by atoms with van der Waals surface area (Å²) in [5, 5.41) is 1.15. The summed E-state index contributed by atoms with van der Waals surface area (Å²) in [5.41, 5.74) is 4.37. The van der Waals surface area contributed by atoms with E-state index in [1.54, 1.807) is 6.20 Å². The van der Waals surface area contributed by atoms with E-state index in [0.29, 0.717) is 0 Å². The Morgan fingerprint density at radius 1 is 1.37 bits per heavy atom. The van der Waals surface area contributed by atoms with Gasteiger partial charge in [0.25, 0.3) is 0 Å². The zero-order chi connectivity index (χ0) is 14.0. The van der Waals surface area contributed by atoms with Crippen molar-refractivity contribution in [1.29, 1.82) is 0 Å². The van der Waals surface area contributed by atoms with Gasteiger partial charge in [0.1, 0.15) is 5.84 Å². The van der Waals surface area contributed by atoms with E-state index >= 15 is 0 Å². The molecule has 0 aliphatic heterocycles. The number of anilines is 1. The minimum absolute atomic E-state index is 0.906. The number of fused-ring (bicyclic) bond motifs is 1. The Kier molecular flexibility index (Phi) is 3.65. The molecule has 0 saturated carbocycles. The normalized spacial score (nSPS) is 11.7. The van der Waals surface area contributed by atoms with Crippen molar-refractivity contribution in [3.63, 3.8) is 0 Å². The van der Waals surface area contributed by atoms with Crippen molar-refractivity contribution < 1.29 is 0 Å². The fraction of sp³-hybridized carbons (Fsp3) is 0.250. The van der Waals surface area contributed by atoms with Gasteiger partial charge in [0.15, 0.2) is 0 Å². The molecule has 3 nitrogen and oxygen atoms in total. The van der Waals surface area contributed by atoms with Gasteiger partial charge in [0.2, 0.25) is 0 Å². The summed E-state index contributed by atoms with van der Waals surface area (Å²) in [5.74, 6) is 0.906. The molecular weight excluding hydrogens is 234 g/mol. The van der Waals surface area contributed by atoms with Crippen LogP contribution in [0, 0.1) is 13.8 Å². The van der Waals surface area contributed by atoms with Crippen LogP contribution >= 0.6 is 0 Å². The van der Waals surface area contributed by atoms with E-state index in [1.807, 2.05) is 20.9 Å². The lowest BCUT2D eigenvalue weighted by molar-refractivity contribution is 1.19. The number of nitrogens with zero attached hydrogens (tertiary/aromatic N) is 3. The summed E-state index contributed by atoms with van der Waals surface area (Å²) in [6, 6.07) is 8.33. The smallest absolute Gasteiger partial charge is 0.105 e. The van der Waals surface area contributed by atoms with E-state index in [-0.39, 0.29) is 0 Å². The third kappa shape index (κ3) is 2.50. The number of aliphatic imine (C=N–C) groups is 1. The van der Waals surface area contributed by atoms with Crippen molar-refractivity contribution in [2.24, 2.45) is 4.99 Å². The van der Waals surface area contributed by atoms with Gasteiger partial charge < -0.3 is 4.90 Å². The number of pyridine rings is 1. The first kappa shape index (κ1) is 13.3. The summed E-state index contributed by atoms with van der Waals surface area (Å²) < 4.78 is 0. The Morgan fingerprint density at radius 3 is 2.79 bits per heavy atom. The Bertz CT molecular complexity index is 656.